The zero-order valence-corrected chi connectivity index (χ0v) is 15.8. The van der Waals surface area contributed by atoms with Crippen LogP contribution in [0.2, 0.25) is 0 Å². The van der Waals surface area contributed by atoms with Gasteiger partial charge in [-0.1, -0.05) is 0 Å². The Bertz CT molecular complexity index is 893. The molecular weight excluding hydrogens is 358 g/mol. The summed E-state index contributed by atoms with van der Waals surface area (Å²) in [6.07, 6.45) is 2.75. The summed E-state index contributed by atoms with van der Waals surface area (Å²) in [5.41, 5.74) is 1.71. The number of piperidine rings is 1. The number of benzene rings is 1. The highest BCUT2D eigenvalue weighted by molar-refractivity contribution is 5.92. The van der Waals surface area contributed by atoms with Crippen molar-refractivity contribution >= 4 is 17.4 Å². The van der Waals surface area contributed by atoms with Crippen molar-refractivity contribution in [3.8, 4) is 11.5 Å². The van der Waals surface area contributed by atoms with Crippen LogP contribution in [0.3, 0.4) is 0 Å². The molecule has 1 N–H and O–H groups in total. The van der Waals surface area contributed by atoms with Gasteiger partial charge in [0.25, 0.3) is 0 Å². The molecule has 4 aliphatic rings. The smallest absolute Gasteiger partial charge is 0.238 e. The summed E-state index contributed by atoms with van der Waals surface area (Å²) in [6, 6.07) is 8.30. The summed E-state index contributed by atoms with van der Waals surface area (Å²) in [4.78, 5) is 25.7. The van der Waals surface area contributed by atoms with Crippen LogP contribution in [0, 0.1) is 6.92 Å². The first-order valence-electron chi connectivity index (χ1n) is 9.64. The van der Waals surface area contributed by atoms with E-state index in [4.69, 9.17) is 9.47 Å². The number of amides is 1. The quantitative estimate of drug-likeness (QED) is 0.859. The summed E-state index contributed by atoms with van der Waals surface area (Å²) in [5, 5.41) is 2.98. The Labute approximate surface area is 163 Å². The van der Waals surface area contributed by atoms with Gasteiger partial charge in [0.2, 0.25) is 5.91 Å². The molecule has 6 rings (SSSR count). The predicted molar refractivity (Wildman–Crippen MR) is 104 cm³/mol. The number of ether oxygens (including phenoxy) is 2. The first kappa shape index (κ1) is 17.2. The highest BCUT2D eigenvalue weighted by atomic mass is 16.6. The molecule has 2 aromatic rings. The number of rotatable bonds is 4. The Morgan fingerprint density at radius 2 is 1.93 bits per heavy atom. The lowest BCUT2D eigenvalue weighted by Gasteiger charge is -2.56. The molecule has 1 aromatic heterocycles. The van der Waals surface area contributed by atoms with Crippen LogP contribution in [0.5, 0.6) is 11.5 Å². The van der Waals surface area contributed by atoms with Gasteiger partial charge in [-0.25, -0.2) is 9.97 Å². The molecule has 3 fully saturated rings. The Morgan fingerprint density at radius 3 is 2.71 bits per heavy atom. The van der Waals surface area contributed by atoms with Crippen LogP contribution >= 0.6 is 0 Å². The van der Waals surface area contributed by atoms with Gasteiger partial charge in [0, 0.05) is 48.7 Å². The first-order valence-corrected chi connectivity index (χ1v) is 9.64. The molecule has 2 bridgehead atoms. The molecule has 0 radical (unpaired) electrons. The first-order chi connectivity index (χ1) is 13.7. The Morgan fingerprint density at radius 1 is 1.14 bits per heavy atom. The summed E-state index contributed by atoms with van der Waals surface area (Å²) in [6.45, 7) is 5.26. The zero-order valence-electron chi connectivity index (χ0n) is 15.8. The number of carbonyl (C=O) groups is 1. The van der Waals surface area contributed by atoms with E-state index in [2.05, 4.69) is 25.1 Å². The van der Waals surface area contributed by atoms with E-state index < -0.39 is 0 Å². The van der Waals surface area contributed by atoms with E-state index in [1.165, 1.54) is 0 Å². The van der Waals surface area contributed by atoms with Gasteiger partial charge in [0.1, 0.15) is 25.4 Å². The molecule has 5 heterocycles. The van der Waals surface area contributed by atoms with Crippen molar-refractivity contribution in [2.24, 2.45) is 0 Å². The Hall–Kier alpha value is -2.87. The molecule has 146 valence electrons. The number of carbonyl (C=O) groups excluding carboxylic acids is 1. The van der Waals surface area contributed by atoms with Gasteiger partial charge < -0.3 is 19.7 Å². The molecule has 0 saturated carbocycles. The van der Waals surface area contributed by atoms with Gasteiger partial charge >= 0.3 is 0 Å². The van der Waals surface area contributed by atoms with Gasteiger partial charge in [-0.15, -0.1) is 0 Å². The van der Waals surface area contributed by atoms with Gasteiger partial charge in [-0.2, -0.15) is 0 Å². The third-order valence-corrected chi connectivity index (χ3v) is 5.61. The van der Waals surface area contributed by atoms with Crippen molar-refractivity contribution in [2.45, 2.75) is 25.4 Å². The number of nitrogens with zero attached hydrogens (tertiary/aromatic N) is 4. The van der Waals surface area contributed by atoms with Crippen LogP contribution in [0.15, 0.2) is 30.6 Å². The fraction of sp³-hybridized carbons (Fsp3) is 0.450. The molecule has 28 heavy (non-hydrogen) atoms. The van der Waals surface area contributed by atoms with Crippen molar-refractivity contribution in [2.75, 3.05) is 43.1 Å². The minimum atomic E-state index is -0.00212. The molecule has 2 atom stereocenters. The third-order valence-electron chi connectivity index (χ3n) is 5.61. The van der Waals surface area contributed by atoms with Crippen molar-refractivity contribution in [1.29, 1.82) is 0 Å². The topological polar surface area (TPSA) is 79.8 Å². The molecule has 0 spiro atoms. The van der Waals surface area contributed by atoms with E-state index in [0.717, 1.165) is 42.5 Å². The molecule has 2 unspecified atom stereocenters. The van der Waals surface area contributed by atoms with Crippen LogP contribution in [0.1, 0.15) is 12.1 Å². The van der Waals surface area contributed by atoms with Crippen molar-refractivity contribution < 1.29 is 14.3 Å². The SMILES string of the molecule is Cc1cc(N2CC3CC(C2)N3CC(=O)Nc2ccc3c(c2)OCCO3)ncn1. The van der Waals surface area contributed by atoms with E-state index in [-0.39, 0.29) is 5.91 Å². The van der Waals surface area contributed by atoms with Gasteiger partial charge in [0.15, 0.2) is 11.5 Å². The summed E-state index contributed by atoms with van der Waals surface area (Å²) in [7, 11) is 0. The van der Waals surface area contributed by atoms with Crippen LogP contribution in [0.25, 0.3) is 0 Å². The molecule has 0 aliphatic carbocycles. The summed E-state index contributed by atoms with van der Waals surface area (Å²) in [5.74, 6) is 2.38. The maximum absolute atomic E-state index is 12.6. The Balaban J connectivity index is 1.18. The highest BCUT2D eigenvalue weighted by Crippen LogP contribution is 2.35. The molecule has 8 nitrogen and oxygen atoms in total. The maximum atomic E-state index is 12.6. The maximum Gasteiger partial charge on any atom is 0.238 e. The molecular formula is C20H23N5O3. The van der Waals surface area contributed by atoms with Gasteiger partial charge in [-0.3, -0.25) is 9.69 Å². The zero-order chi connectivity index (χ0) is 19.1. The third kappa shape index (κ3) is 3.24. The number of aryl methyl sites for hydroxylation is 1. The number of hydrogen-bond acceptors (Lipinski definition) is 7. The molecule has 1 amide bonds. The summed E-state index contributed by atoms with van der Waals surface area (Å²) < 4.78 is 11.1. The van der Waals surface area contributed by atoms with E-state index >= 15 is 0 Å². The predicted octanol–water partition coefficient (Wildman–Crippen LogP) is 1.46. The van der Waals surface area contributed by atoms with Crippen LogP contribution in [0.4, 0.5) is 11.5 Å². The summed E-state index contributed by atoms with van der Waals surface area (Å²) >= 11 is 0. The van der Waals surface area contributed by atoms with Crippen molar-refractivity contribution in [1.82, 2.24) is 14.9 Å². The van der Waals surface area contributed by atoms with E-state index in [1.54, 1.807) is 6.33 Å². The highest BCUT2D eigenvalue weighted by Gasteiger charge is 2.45. The number of anilines is 2. The fourth-order valence-corrected chi connectivity index (χ4v) is 4.23. The van der Waals surface area contributed by atoms with E-state index in [1.807, 2.05) is 31.2 Å². The second kappa shape index (κ2) is 6.94. The Kier molecular flexibility index (Phi) is 4.27. The van der Waals surface area contributed by atoms with E-state index in [0.29, 0.717) is 37.6 Å². The minimum absolute atomic E-state index is 0.00212. The van der Waals surface area contributed by atoms with Crippen LogP contribution in [-0.2, 0) is 4.79 Å². The van der Waals surface area contributed by atoms with Crippen LogP contribution < -0.4 is 19.7 Å². The molecule has 1 aromatic carbocycles. The second-order valence-corrected chi connectivity index (χ2v) is 7.54. The number of piperazine rings is 1. The van der Waals surface area contributed by atoms with Gasteiger partial charge in [-0.05, 0) is 25.5 Å². The van der Waals surface area contributed by atoms with Crippen LogP contribution in [-0.4, -0.2) is 65.7 Å². The number of fused-ring (bicyclic) bond motifs is 3. The fourth-order valence-electron chi connectivity index (χ4n) is 4.23. The lowest BCUT2D eigenvalue weighted by atomic mass is 9.87. The molecule has 4 aliphatic heterocycles. The molecule has 3 saturated heterocycles. The minimum Gasteiger partial charge on any atom is -0.486 e. The lowest BCUT2D eigenvalue weighted by molar-refractivity contribution is -0.121. The standard InChI is InChI=1S/C20H23N5O3/c1-13-6-19(22-12-21-13)24-9-15-8-16(10-24)25(15)11-20(26)23-14-2-3-17-18(7-14)28-5-4-27-17/h2-3,6-7,12,15-16H,4-5,8-11H2,1H3,(H,23,26). The normalized spacial score (nSPS) is 23.1. The lowest BCUT2D eigenvalue weighted by Crippen LogP contribution is -2.69. The monoisotopic (exact) mass is 381 g/mol. The van der Waals surface area contributed by atoms with Crippen molar-refractivity contribution in [3.63, 3.8) is 0 Å². The number of hydrogen-bond donors (Lipinski definition) is 1. The average molecular weight is 381 g/mol. The second-order valence-electron chi connectivity index (χ2n) is 7.54. The van der Waals surface area contributed by atoms with Crippen molar-refractivity contribution in [3.05, 3.63) is 36.3 Å². The largest absolute Gasteiger partial charge is 0.486 e. The number of aromatic nitrogens is 2. The number of nitrogens with one attached hydrogen (secondary N) is 1. The average Bonchev–Trinajstić information content (AvgIpc) is 2.72. The molecule has 8 heteroatoms. The van der Waals surface area contributed by atoms with E-state index in [9.17, 15) is 4.79 Å². The van der Waals surface area contributed by atoms with Gasteiger partial charge in [0.05, 0.1) is 6.54 Å².